The van der Waals surface area contributed by atoms with E-state index in [9.17, 15) is 14.4 Å². The lowest BCUT2D eigenvalue weighted by Crippen LogP contribution is -2.38. The van der Waals surface area contributed by atoms with E-state index in [1.165, 1.54) is 27.4 Å². The Morgan fingerprint density at radius 3 is 2.54 bits per heavy atom. The van der Waals surface area contributed by atoms with Crippen LogP contribution in [0.4, 0.5) is 0 Å². The molecular formula is C22H24N8O3S2. The number of nitrogens with one attached hydrogen (secondary N) is 1. The van der Waals surface area contributed by atoms with E-state index in [0.29, 0.717) is 34.8 Å². The third-order valence-corrected chi connectivity index (χ3v) is 8.10. The van der Waals surface area contributed by atoms with Gasteiger partial charge < -0.3 is 4.90 Å². The molecule has 5 rings (SSSR count). The molecule has 1 aliphatic rings. The largest absolute Gasteiger partial charge is 0.338 e. The number of aryl methyl sites for hydroxylation is 4. The molecule has 0 bridgehead atoms. The molecule has 1 N–H and O–H groups in total. The predicted octanol–water partition coefficient (Wildman–Crippen LogP) is 2.37. The average molecular weight is 513 g/mol. The first kappa shape index (κ1) is 23.3. The molecular weight excluding hydrogens is 488 g/mol. The molecule has 0 spiro atoms. The van der Waals surface area contributed by atoms with Crippen LogP contribution in [0.1, 0.15) is 60.5 Å². The first-order valence-electron chi connectivity index (χ1n) is 11.1. The number of amides is 2. The van der Waals surface area contributed by atoms with E-state index >= 15 is 0 Å². The number of nitrogens with zero attached hydrogens (tertiary/aromatic N) is 7. The number of carbonyl (C=O) groups is 2. The van der Waals surface area contributed by atoms with Crippen LogP contribution in [0.25, 0.3) is 11.0 Å². The maximum Gasteiger partial charge on any atom is 0.289 e. The third kappa shape index (κ3) is 4.36. The van der Waals surface area contributed by atoms with E-state index in [1.807, 2.05) is 18.7 Å². The minimum absolute atomic E-state index is 0.0331. The Morgan fingerprint density at radius 2 is 1.86 bits per heavy atom. The maximum absolute atomic E-state index is 12.9. The van der Waals surface area contributed by atoms with Crippen molar-refractivity contribution in [1.82, 2.24) is 34.3 Å². The van der Waals surface area contributed by atoms with Crippen LogP contribution in [-0.4, -0.2) is 59.2 Å². The highest BCUT2D eigenvalue weighted by Gasteiger charge is 2.28. The number of piperidine rings is 1. The van der Waals surface area contributed by atoms with Crippen molar-refractivity contribution in [2.75, 3.05) is 18.5 Å². The molecule has 0 radical (unpaired) electrons. The zero-order valence-electron chi connectivity index (χ0n) is 19.7. The Hall–Kier alpha value is -3.45. The van der Waals surface area contributed by atoms with Crippen molar-refractivity contribution in [2.45, 2.75) is 39.5 Å². The number of carbonyl (C=O) groups excluding carboxylic acids is 2. The predicted molar refractivity (Wildman–Crippen MR) is 133 cm³/mol. The average Bonchev–Trinajstić information content (AvgIpc) is 3.54. The smallest absolute Gasteiger partial charge is 0.289 e. The summed E-state index contributed by atoms with van der Waals surface area (Å²) >= 11 is 2.86. The van der Waals surface area contributed by atoms with Crippen LogP contribution >= 0.6 is 22.7 Å². The molecule has 2 amide bonds. The van der Waals surface area contributed by atoms with Crippen LogP contribution in [0.2, 0.25) is 0 Å². The quantitative estimate of drug-likeness (QED) is 0.445. The lowest BCUT2D eigenvalue weighted by atomic mass is 9.97. The van der Waals surface area contributed by atoms with Crippen molar-refractivity contribution in [1.29, 1.82) is 0 Å². The molecule has 0 aromatic carbocycles. The van der Waals surface area contributed by atoms with Crippen molar-refractivity contribution >= 4 is 45.5 Å². The maximum atomic E-state index is 12.9. The standard InChI is InChI=1S/C22H24N8O3S2/c1-11-17(35-13(3)23-11)22(33)29-7-5-14(6-8-29)20-25-16(10-34-20)19(31)27-30-12(2)24-18-15(21(30)32)9-28(4)26-18/h9-10,14H,5-8H2,1-4H3,(H,27,31). The highest BCUT2D eigenvalue weighted by atomic mass is 32.1. The summed E-state index contributed by atoms with van der Waals surface area (Å²) in [4.78, 5) is 54.3. The Bertz CT molecular complexity index is 1510. The molecule has 13 heteroatoms. The summed E-state index contributed by atoms with van der Waals surface area (Å²) in [6.07, 6.45) is 3.12. The van der Waals surface area contributed by atoms with E-state index in [2.05, 4.69) is 25.5 Å². The summed E-state index contributed by atoms with van der Waals surface area (Å²) in [5.41, 5.74) is 3.58. The summed E-state index contributed by atoms with van der Waals surface area (Å²) in [5.74, 6) is 0.0540. The molecule has 5 heterocycles. The van der Waals surface area contributed by atoms with Crippen molar-refractivity contribution in [3.8, 4) is 0 Å². The topological polar surface area (TPSA) is 128 Å². The van der Waals surface area contributed by atoms with Gasteiger partial charge in [0.25, 0.3) is 17.4 Å². The molecule has 35 heavy (non-hydrogen) atoms. The minimum Gasteiger partial charge on any atom is -0.338 e. The summed E-state index contributed by atoms with van der Waals surface area (Å²) in [6.45, 7) is 6.67. The molecule has 4 aromatic rings. The highest BCUT2D eigenvalue weighted by Crippen LogP contribution is 2.31. The number of fused-ring (bicyclic) bond motifs is 1. The molecule has 0 saturated carbocycles. The van der Waals surface area contributed by atoms with Crippen LogP contribution in [0, 0.1) is 20.8 Å². The van der Waals surface area contributed by atoms with Crippen molar-refractivity contribution in [3.63, 3.8) is 0 Å². The number of aromatic nitrogens is 6. The monoisotopic (exact) mass is 512 g/mol. The molecule has 0 atom stereocenters. The van der Waals surface area contributed by atoms with Gasteiger partial charge in [-0.05, 0) is 33.6 Å². The van der Waals surface area contributed by atoms with Gasteiger partial charge in [0.15, 0.2) is 5.65 Å². The Morgan fingerprint density at radius 1 is 1.11 bits per heavy atom. The molecule has 1 saturated heterocycles. The van der Waals surface area contributed by atoms with E-state index in [0.717, 1.165) is 33.2 Å². The number of thiazole rings is 2. The second-order valence-corrected chi connectivity index (χ2v) is 10.7. The van der Waals surface area contributed by atoms with Crippen LogP contribution in [-0.2, 0) is 7.05 Å². The number of rotatable bonds is 4. The summed E-state index contributed by atoms with van der Waals surface area (Å²) in [5, 5.41) is 7.92. The van der Waals surface area contributed by atoms with E-state index in [4.69, 9.17) is 0 Å². The van der Waals surface area contributed by atoms with Crippen molar-refractivity contribution < 1.29 is 9.59 Å². The fourth-order valence-electron chi connectivity index (χ4n) is 4.25. The van der Waals surface area contributed by atoms with E-state index < -0.39 is 11.5 Å². The lowest BCUT2D eigenvalue weighted by molar-refractivity contribution is 0.0717. The van der Waals surface area contributed by atoms with Gasteiger partial charge in [-0.25, -0.2) is 19.6 Å². The Kier molecular flexibility index (Phi) is 5.97. The first-order chi connectivity index (χ1) is 16.7. The molecule has 1 fully saturated rings. The zero-order valence-corrected chi connectivity index (χ0v) is 21.4. The first-order valence-corrected chi connectivity index (χ1v) is 12.8. The highest BCUT2D eigenvalue weighted by molar-refractivity contribution is 7.13. The molecule has 4 aromatic heterocycles. The van der Waals surface area contributed by atoms with Gasteiger partial charge in [0.1, 0.15) is 21.8 Å². The van der Waals surface area contributed by atoms with Gasteiger partial charge >= 0.3 is 0 Å². The SMILES string of the molecule is Cc1nc(C)c(C(=O)N2CCC(c3nc(C(=O)Nn4c(C)nc5nn(C)cc5c4=O)cs3)CC2)s1. The zero-order chi connectivity index (χ0) is 24.9. The second kappa shape index (κ2) is 8.96. The fourth-order valence-corrected chi connectivity index (χ4v) is 6.11. The number of hydrogen-bond acceptors (Lipinski definition) is 9. The molecule has 182 valence electrons. The van der Waals surface area contributed by atoms with Gasteiger partial charge in [-0.2, -0.15) is 5.10 Å². The summed E-state index contributed by atoms with van der Waals surface area (Å²) < 4.78 is 2.63. The molecule has 0 aliphatic carbocycles. The molecule has 1 aliphatic heterocycles. The van der Waals surface area contributed by atoms with Gasteiger partial charge in [-0.3, -0.25) is 24.5 Å². The van der Waals surface area contributed by atoms with Crippen LogP contribution in [0.5, 0.6) is 0 Å². The number of hydrogen-bond donors (Lipinski definition) is 1. The van der Waals surface area contributed by atoms with Gasteiger partial charge in [0, 0.05) is 37.6 Å². The van der Waals surface area contributed by atoms with Gasteiger partial charge in [0.05, 0.1) is 15.7 Å². The third-order valence-electron chi connectivity index (χ3n) is 6.03. The van der Waals surface area contributed by atoms with Crippen molar-refractivity contribution in [3.05, 3.63) is 54.0 Å². The fraction of sp³-hybridized carbons (Fsp3) is 0.409. The molecule has 11 nitrogen and oxygen atoms in total. The van der Waals surface area contributed by atoms with E-state index in [-0.39, 0.29) is 17.5 Å². The van der Waals surface area contributed by atoms with Gasteiger partial charge in [-0.15, -0.1) is 22.7 Å². The van der Waals surface area contributed by atoms with Crippen LogP contribution in [0.15, 0.2) is 16.4 Å². The Balaban J connectivity index is 1.26. The summed E-state index contributed by atoms with van der Waals surface area (Å²) in [6, 6.07) is 0. The van der Waals surface area contributed by atoms with Gasteiger partial charge in [0.2, 0.25) is 0 Å². The number of likely N-dealkylation sites (tertiary alicyclic amines) is 1. The lowest BCUT2D eigenvalue weighted by Gasteiger charge is -2.30. The normalized spacial score (nSPS) is 14.6. The second-order valence-electron chi connectivity index (χ2n) is 8.57. The Labute approximate surface area is 208 Å². The molecule has 0 unspecified atom stereocenters. The van der Waals surface area contributed by atoms with E-state index in [1.54, 1.807) is 25.5 Å². The minimum atomic E-state index is -0.480. The van der Waals surface area contributed by atoms with Crippen LogP contribution < -0.4 is 11.0 Å². The summed E-state index contributed by atoms with van der Waals surface area (Å²) in [7, 11) is 1.71. The van der Waals surface area contributed by atoms with Crippen LogP contribution in [0.3, 0.4) is 0 Å². The van der Waals surface area contributed by atoms with Crippen molar-refractivity contribution in [2.24, 2.45) is 7.05 Å². The van der Waals surface area contributed by atoms with Gasteiger partial charge in [-0.1, -0.05) is 0 Å².